The fourth-order valence-corrected chi connectivity index (χ4v) is 2.67. The van der Waals surface area contributed by atoms with Gasteiger partial charge in [-0.25, -0.2) is 0 Å². The van der Waals surface area contributed by atoms with E-state index >= 15 is 0 Å². The minimum absolute atomic E-state index is 0.0582. The highest BCUT2D eigenvalue weighted by Crippen LogP contribution is 2.10. The van der Waals surface area contributed by atoms with Crippen molar-refractivity contribution in [3.63, 3.8) is 0 Å². The van der Waals surface area contributed by atoms with Crippen molar-refractivity contribution < 1.29 is 18.7 Å². The molecule has 1 aromatic rings. The van der Waals surface area contributed by atoms with Crippen LogP contribution in [-0.4, -0.2) is 37.0 Å². The number of hydrogen-bond donors (Lipinski definition) is 0. The van der Waals surface area contributed by atoms with E-state index in [-0.39, 0.29) is 24.2 Å². The molecule has 0 aliphatic rings. The third-order valence-corrected chi connectivity index (χ3v) is 4.21. The van der Waals surface area contributed by atoms with Crippen molar-refractivity contribution in [3.8, 4) is 0 Å². The predicted octanol–water partition coefficient (Wildman–Crippen LogP) is 4.82. The molecule has 5 nitrogen and oxygen atoms in total. The molecule has 0 spiro atoms. The Hall–Kier alpha value is -1.78. The Kier molecular flexibility index (Phi) is 11.5. The van der Waals surface area contributed by atoms with E-state index in [1.165, 1.54) is 62.5 Å². The van der Waals surface area contributed by atoms with Gasteiger partial charge in [0.05, 0.1) is 12.9 Å². The Morgan fingerprint density at radius 3 is 2.16 bits per heavy atom. The van der Waals surface area contributed by atoms with Crippen molar-refractivity contribution in [1.29, 1.82) is 0 Å². The molecule has 1 rings (SSSR count). The van der Waals surface area contributed by atoms with Crippen molar-refractivity contribution in [3.05, 3.63) is 24.2 Å². The van der Waals surface area contributed by atoms with Gasteiger partial charge in [-0.3, -0.25) is 9.59 Å². The highest BCUT2D eigenvalue weighted by Gasteiger charge is 2.17. The van der Waals surface area contributed by atoms with Crippen molar-refractivity contribution in [2.45, 2.75) is 71.1 Å². The summed E-state index contributed by atoms with van der Waals surface area (Å²) in [5, 5.41) is 0. The van der Waals surface area contributed by atoms with Crippen LogP contribution in [0.15, 0.2) is 22.8 Å². The molecule has 0 saturated heterocycles. The summed E-state index contributed by atoms with van der Waals surface area (Å²) < 4.78 is 10.2. The van der Waals surface area contributed by atoms with Gasteiger partial charge in [0.2, 0.25) is 0 Å². The summed E-state index contributed by atoms with van der Waals surface area (Å²) in [6, 6.07) is 3.22. The average Bonchev–Trinajstić information content (AvgIpc) is 3.13. The number of hydrogen-bond acceptors (Lipinski definition) is 4. The topological polar surface area (TPSA) is 59.8 Å². The number of furan rings is 1. The fraction of sp³-hybridized carbons (Fsp3) is 0.700. The van der Waals surface area contributed by atoms with Crippen LogP contribution in [0.3, 0.4) is 0 Å². The molecular formula is C20H33NO4. The molecule has 1 amide bonds. The van der Waals surface area contributed by atoms with Gasteiger partial charge in [0.25, 0.3) is 5.91 Å². The number of carbonyl (C=O) groups excluding carboxylic acids is 2. The summed E-state index contributed by atoms with van der Waals surface area (Å²) in [4.78, 5) is 25.0. The zero-order chi connectivity index (χ0) is 18.3. The first-order chi connectivity index (χ1) is 12.1. The van der Waals surface area contributed by atoms with Gasteiger partial charge in [0.1, 0.15) is 6.54 Å². The zero-order valence-corrected chi connectivity index (χ0v) is 15.8. The van der Waals surface area contributed by atoms with Crippen molar-refractivity contribution in [1.82, 2.24) is 4.90 Å². The highest BCUT2D eigenvalue weighted by molar-refractivity contribution is 5.93. The van der Waals surface area contributed by atoms with E-state index in [1.54, 1.807) is 19.2 Å². The molecule has 0 unspecified atom stereocenters. The quantitative estimate of drug-likeness (QED) is 0.356. The lowest BCUT2D eigenvalue weighted by Gasteiger charge is -2.14. The predicted molar refractivity (Wildman–Crippen MR) is 98.5 cm³/mol. The normalized spacial score (nSPS) is 10.6. The number of ether oxygens (including phenoxy) is 1. The maximum Gasteiger partial charge on any atom is 0.325 e. The first-order valence-corrected chi connectivity index (χ1v) is 9.59. The molecular weight excluding hydrogens is 318 g/mol. The van der Waals surface area contributed by atoms with Crippen molar-refractivity contribution in [2.75, 3.05) is 20.2 Å². The Morgan fingerprint density at radius 1 is 1.00 bits per heavy atom. The minimum Gasteiger partial charge on any atom is -0.464 e. The SMILES string of the molecule is CCCCCCCCCCCCOC(=O)CN(C)C(=O)c1ccco1. The van der Waals surface area contributed by atoms with Gasteiger partial charge in [0.15, 0.2) is 5.76 Å². The highest BCUT2D eigenvalue weighted by atomic mass is 16.5. The number of carbonyl (C=O) groups is 2. The molecule has 1 aromatic heterocycles. The summed E-state index contributed by atoms with van der Waals surface area (Å²) in [5.41, 5.74) is 0. The second-order valence-electron chi connectivity index (χ2n) is 6.54. The third kappa shape index (κ3) is 9.95. The summed E-state index contributed by atoms with van der Waals surface area (Å²) in [5.74, 6) is -0.468. The lowest BCUT2D eigenvalue weighted by molar-refractivity contribution is -0.144. The lowest BCUT2D eigenvalue weighted by Crippen LogP contribution is -2.32. The first-order valence-electron chi connectivity index (χ1n) is 9.59. The van der Waals surface area contributed by atoms with Crippen LogP contribution in [0.1, 0.15) is 81.7 Å². The Balaban J connectivity index is 1.96. The van der Waals surface area contributed by atoms with Crippen molar-refractivity contribution in [2.24, 2.45) is 0 Å². The third-order valence-electron chi connectivity index (χ3n) is 4.21. The molecule has 142 valence electrons. The van der Waals surface area contributed by atoms with Gasteiger partial charge in [-0.05, 0) is 18.6 Å². The molecule has 1 heterocycles. The van der Waals surface area contributed by atoms with Gasteiger partial charge in [-0.15, -0.1) is 0 Å². The maximum absolute atomic E-state index is 11.9. The van der Waals surface area contributed by atoms with E-state index in [2.05, 4.69) is 6.92 Å². The van der Waals surface area contributed by atoms with Gasteiger partial charge >= 0.3 is 5.97 Å². The van der Waals surface area contributed by atoms with E-state index in [0.29, 0.717) is 6.61 Å². The number of amides is 1. The molecule has 0 bridgehead atoms. The first kappa shape index (κ1) is 21.3. The van der Waals surface area contributed by atoms with Crippen LogP contribution in [0.2, 0.25) is 0 Å². The molecule has 0 atom stereocenters. The molecule has 0 fully saturated rings. The van der Waals surface area contributed by atoms with E-state index in [9.17, 15) is 9.59 Å². The van der Waals surface area contributed by atoms with Gasteiger partial charge in [0, 0.05) is 7.05 Å². The summed E-state index contributed by atoms with van der Waals surface area (Å²) in [7, 11) is 1.56. The largest absolute Gasteiger partial charge is 0.464 e. The second-order valence-corrected chi connectivity index (χ2v) is 6.54. The summed E-state index contributed by atoms with van der Waals surface area (Å²) in [6.45, 7) is 2.61. The van der Waals surface area contributed by atoms with E-state index in [0.717, 1.165) is 12.8 Å². The Labute approximate surface area is 151 Å². The molecule has 5 heteroatoms. The number of nitrogens with zero attached hydrogens (tertiary/aromatic N) is 1. The smallest absolute Gasteiger partial charge is 0.325 e. The minimum atomic E-state index is -0.377. The number of rotatable bonds is 14. The maximum atomic E-state index is 11.9. The van der Waals surface area contributed by atoms with Crippen LogP contribution >= 0.6 is 0 Å². The average molecular weight is 351 g/mol. The van der Waals surface area contributed by atoms with Crippen LogP contribution < -0.4 is 0 Å². The molecule has 25 heavy (non-hydrogen) atoms. The molecule has 0 saturated carbocycles. The summed E-state index contributed by atoms with van der Waals surface area (Å²) in [6.07, 6.45) is 13.9. The van der Waals surface area contributed by atoms with Gasteiger partial charge < -0.3 is 14.1 Å². The van der Waals surface area contributed by atoms with Crippen LogP contribution in [0.25, 0.3) is 0 Å². The fourth-order valence-electron chi connectivity index (χ4n) is 2.67. The molecule has 0 aromatic carbocycles. The van der Waals surface area contributed by atoms with Crippen LogP contribution in [0.5, 0.6) is 0 Å². The Bertz CT molecular complexity index is 470. The molecule has 0 radical (unpaired) electrons. The van der Waals surface area contributed by atoms with Crippen LogP contribution in [0, 0.1) is 0 Å². The molecule has 0 aliphatic carbocycles. The van der Waals surface area contributed by atoms with E-state index in [4.69, 9.17) is 9.15 Å². The zero-order valence-electron chi connectivity index (χ0n) is 15.8. The number of likely N-dealkylation sites (N-methyl/N-ethyl adjacent to an activating group) is 1. The summed E-state index contributed by atoms with van der Waals surface area (Å²) >= 11 is 0. The van der Waals surface area contributed by atoms with E-state index in [1.807, 2.05) is 0 Å². The standard InChI is InChI=1S/C20H33NO4/c1-3-4-5-6-7-8-9-10-11-12-15-25-19(22)17-21(2)20(23)18-14-13-16-24-18/h13-14,16H,3-12,15,17H2,1-2H3. The van der Waals surface area contributed by atoms with Gasteiger partial charge in [-0.2, -0.15) is 0 Å². The molecule has 0 N–H and O–H groups in total. The van der Waals surface area contributed by atoms with E-state index < -0.39 is 0 Å². The van der Waals surface area contributed by atoms with Crippen LogP contribution in [-0.2, 0) is 9.53 Å². The van der Waals surface area contributed by atoms with Crippen LogP contribution in [0.4, 0.5) is 0 Å². The van der Waals surface area contributed by atoms with Crippen molar-refractivity contribution >= 4 is 11.9 Å². The lowest BCUT2D eigenvalue weighted by atomic mass is 10.1. The number of esters is 1. The van der Waals surface area contributed by atoms with Gasteiger partial charge in [-0.1, -0.05) is 64.7 Å². The second kappa shape index (κ2) is 13.5. The Morgan fingerprint density at radius 2 is 1.60 bits per heavy atom. The monoisotopic (exact) mass is 351 g/mol. The molecule has 0 aliphatic heterocycles. The number of unbranched alkanes of at least 4 members (excludes halogenated alkanes) is 9.